The lowest BCUT2D eigenvalue weighted by atomic mass is 10.2. The topological polar surface area (TPSA) is 46.3 Å². The summed E-state index contributed by atoms with van der Waals surface area (Å²) in [6.45, 7) is 2.64. The number of carbonyl (C=O) groups excluding carboxylic acids is 1. The van der Waals surface area contributed by atoms with Crippen LogP contribution in [0.3, 0.4) is 0 Å². The first-order valence-corrected chi connectivity index (χ1v) is 7.67. The number of thiophene rings is 1. The molecule has 2 aromatic rings. The van der Waals surface area contributed by atoms with Gasteiger partial charge in [-0.3, -0.25) is 4.79 Å². The Bertz CT molecular complexity index is 597. The van der Waals surface area contributed by atoms with Crippen molar-refractivity contribution in [3.63, 3.8) is 0 Å². The van der Waals surface area contributed by atoms with E-state index < -0.39 is 0 Å². The maximum atomic E-state index is 12.7. The van der Waals surface area contributed by atoms with E-state index in [9.17, 15) is 4.79 Å². The molecule has 3 rings (SSSR count). The zero-order valence-electron chi connectivity index (χ0n) is 11.5. The average Bonchev–Trinajstić information content (AvgIpc) is 3.23. The highest BCUT2D eigenvalue weighted by Crippen LogP contribution is 2.32. The van der Waals surface area contributed by atoms with Crippen LogP contribution < -0.4 is 5.73 Å². The minimum atomic E-state index is 0.112. The molecule has 1 amide bonds. The van der Waals surface area contributed by atoms with E-state index in [0.29, 0.717) is 18.3 Å². The van der Waals surface area contributed by atoms with Gasteiger partial charge in [-0.2, -0.15) is 0 Å². The Morgan fingerprint density at radius 1 is 1.35 bits per heavy atom. The molecule has 1 aliphatic carbocycles. The normalized spacial score (nSPS) is 14.2. The number of amides is 1. The molecule has 0 atom stereocenters. The molecule has 104 valence electrons. The number of anilines is 1. The fourth-order valence-electron chi connectivity index (χ4n) is 2.28. The Kier molecular flexibility index (Phi) is 3.49. The van der Waals surface area contributed by atoms with Crippen LogP contribution >= 0.6 is 11.3 Å². The summed E-state index contributed by atoms with van der Waals surface area (Å²) < 4.78 is 0. The molecule has 1 aromatic heterocycles. The molecule has 1 aromatic carbocycles. The lowest BCUT2D eigenvalue weighted by Gasteiger charge is -2.21. The Morgan fingerprint density at radius 2 is 2.05 bits per heavy atom. The second-order valence-electron chi connectivity index (χ2n) is 5.27. The molecule has 0 spiro atoms. The summed E-state index contributed by atoms with van der Waals surface area (Å²) in [6.07, 6.45) is 2.22. The quantitative estimate of drug-likeness (QED) is 0.935. The summed E-state index contributed by atoms with van der Waals surface area (Å²) in [6, 6.07) is 12.4. The van der Waals surface area contributed by atoms with E-state index in [1.807, 2.05) is 36.1 Å². The Balaban J connectivity index is 1.82. The second-order valence-corrected chi connectivity index (χ2v) is 6.53. The largest absolute Gasteiger partial charge is 0.398 e. The van der Waals surface area contributed by atoms with E-state index in [1.54, 1.807) is 0 Å². The van der Waals surface area contributed by atoms with E-state index in [0.717, 1.165) is 22.6 Å². The molecule has 0 radical (unpaired) electrons. The smallest absolute Gasteiger partial charge is 0.264 e. The summed E-state index contributed by atoms with van der Waals surface area (Å²) in [5.41, 5.74) is 7.75. The van der Waals surface area contributed by atoms with Crippen molar-refractivity contribution in [2.24, 2.45) is 0 Å². The van der Waals surface area contributed by atoms with Crippen molar-refractivity contribution >= 4 is 22.9 Å². The predicted octanol–water partition coefficient (Wildman–Crippen LogP) is 3.44. The molecule has 2 N–H and O–H groups in total. The highest BCUT2D eigenvalue weighted by molar-refractivity contribution is 7.14. The Hall–Kier alpha value is -1.81. The van der Waals surface area contributed by atoms with Crippen LogP contribution in [0.15, 0.2) is 36.4 Å². The summed E-state index contributed by atoms with van der Waals surface area (Å²) in [5.74, 6) is 0.112. The molecule has 1 heterocycles. The molecular weight excluding hydrogens is 268 g/mol. The molecular formula is C16H18N2OS. The zero-order valence-corrected chi connectivity index (χ0v) is 12.3. The van der Waals surface area contributed by atoms with Gasteiger partial charge in [0.1, 0.15) is 0 Å². The first-order valence-electron chi connectivity index (χ1n) is 6.86. The monoisotopic (exact) mass is 286 g/mol. The minimum absolute atomic E-state index is 0.112. The predicted molar refractivity (Wildman–Crippen MR) is 82.8 cm³/mol. The number of benzene rings is 1. The lowest BCUT2D eigenvalue weighted by molar-refractivity contribution is 0.0735. The fourth-order valence-corrected chi connectivity index (χ4v) is 3.17. The molecule has 1 aliphatic rings. The highest BCUT2D eigenvalue weighted by Gasteiger charge is 2.33. The van der Waals surface area contributed by atoms with Crippen molar-refractivity contribution in [2.75, 3.05) is 5.73 Å². The summed E-state index contributed by atoms with van der Waals surface area (Å²) >= 11 is 1.49. The van der Waals surface area contributed by atoms with Gasteiger partial charge in [0, 0.05) is 23.2 Å². The lowest BCUT2D eigenvalue weighted by Crippen LogP contribution is -2.32. The van der Waals surface area contributed by atoms with Crippen LogP contribution in [0.4, 0.5) is 5.69 Å². The van der Waals surface area contributed by atoms with Gasteiger partial charge in [0.2, 0.25) is 0 Å². The van der Waals surface area contributed by atoms with Gasteiger partial charge in [-0.05, 0) is 31.4 Å². The number of hydrogen-bond donors (Lipinski definition) is 1. The molecule has 0 bridgehead atoms. The van der Waals surface area contributed by atoms with Crippen molar-refractivity contribution in [1.82, 2.24) is 4.90 Å². The van der Waals surface area contributed by atoms with Gasteiger partial charge in [-0.1, -0.05) is 30.3 Å². The molecule has 20 heavy (non-hydrogen) atoms. The molecule has 0 unspecified atom stereocenters. The standard InChI is InChI=1S/C16H18N2OS/c1-11-14(17)9-15(20-11)16(19)18(13-7-8-13)10-12-5-3-2-4-6-12/h2-6,9,13H,7-8,10,17H2,1H3. The van der Waals surface area contributed by atoms with E-state index >= 15 is 0 Å². The average molecular weight is 286 g/mol. The Labute approximate surface area is 123 Å². The second kappa shape index (κ2) is 5.29. The van der Waals surface area contributed by atoms with Crippen molar-refractivity contribution in [3.05, 3.63) is 51.7 Å². The van der Waals surface area contributed by atoms with Crippen LogP contribution in [0.1, 0.15) is 33.0 Å². The third-order valence-corrected chi connectivity index (χ3v) is 4.67. The number of aryl methyl sites for hydroxylation is 1. The highest BCUT2D eigenvalue weighted by atomic mass is 32.1. The summed E-state index contributed by atoms with van der Waals surface area (Å²) in [4.78, 5) is 16.4. The van der Waals surface area contributed by atoms with Crippen LogP contribution in [0.25, 0.3) is 0 Å². The number of nitrogens with two attached hydrogens (primary N) is 1. The number of nitrogen functional groups attached to an aromatic ring is 1. The van der Waals surface area contributed by atoms with Gasteiger partial charge < -0.3 is 10.6 Å². The van der Waals surface area contributed by atoms with E-state index in [4.69, 9.17) is 5.73 Å². The molecule has 1 fully saturated rings. The maximum Gasteiger partial charge on any atom is 0.264 e. The first kappa shape index (κ1) is 13.2. The number of carbonyl (C=O) groups is 1. The van der Waals surface area contributed by atoms with Crippen LogP contribution in [0.2, 0.25) is 0 Å². The third kappa shape index (κ3) is 2.70. The van der Waals surface area contributed by atoms with Gasteiger partial charge >= 0.3 is 0 Å². The van der Waals surface area contributed by atoms with Gasteiger partial charge in [0.25, 0.3) is 5.91 Å². The fraction of sp³-hybridized carbons (Fsp3) is 0.312. The number of hydrogen-bond acceptors (Lipinski definition) is 3. The molecule has 0 saturated heterocycles. The van der Waals surface area contributed by atoms with Crippen LogP contribution in [0, 0.1) is 6.92 Å². The minimum Gasteiger partial charge on any atom is -0.398 e. The summed E-state index contributed by atoms with van der Waals surface area (Å²) in [7, 11) is 0. The van der Waals surface area contributed by atoms with Crippen molar-refractivity contribution in [1.29, 1.82) is 0 Å². The molecule has 3 nitrogen and oxygen atoms in total. The van der Waals surface area contributed by atoms with Crippen molar-refractivity contribution in [3.8, 4) is 0 Å². The van der Waals surface area contributed by atoms with E-state index in [2.05, 4.69) is 12.1 Å². The zero-order chi connectivity index (χ0) is 14.1. The number of rotatable bonds is 4. The Morgan fingerprint density at radius 3 is 2.60 bits per heavy atom. The van der Waals surface area contributed by atoms with Gasteiger partial charge in [-0.15, -0.1) is 11.3 Å². The van der Waals surface area contributed by atoms with Crippen molar-refractivity contribution < 1.29 is 4.79 Å². The van der Waals surface area contributed by atoms with Gasteiger partial charge in [0.15, 0.2) is 0 Å². The molecule has 1 saturated carbocycles. The molecule has 0 aliphatic heterocycles. The SMILES string of the molecule is Cc1sc(C(=O)N(Cc2ccccc2)C2CC2)cc1N. The van der Waals surface area contributed by atoms with E-state index in [-0.39, 0.29) is 5.91 Å². The van der Waals surface area contributed by atoms with E-state index in [1.165, 1.54) is 16.9 Å². The van der Waals surface area contributed by atoms with Crippen LogP contribution in [-0.4, -0.2) is 16.8 Å². The third-order valence-electron chi connectivity index (χ3n) is 3.61. The summed E-state index contributed by atoms with van der Waals surface area (Å²) in [5, 5.41) is 0. The van der Waals surface area contributed by atoms with Crippen molar-refractivity contribution in [2.45, 2.75) is 32.4 Å². The van der Waals surface area contributed by atoms with Gasteiger partial charge in [-0.25, -0.2) is 0 Å². The van der Waals surface area contributed by atoms with Gasteiger partial charge in [0.05, 0.1) is 4.88 Å². The maximum absolute atomic E-state index is 12.7. The number of nitrogens with zero attached hydrogens (tertiary/aromatic N) is 1. The van der Waals surface area contributed by atoms with Crippen LogP contribution in [0.5, 0.6) is 0 Å². The molecule has 4 heteroatoms. The first-order chi connectivity index (χ1) is 9.65. The van der Waals surface area contributed by atoms with Crippen LogP contribution in [-0.2, 0) is 6.54 Å².